The number of aryl methyl sites for hydroxylation is 1. The van der Waals surface area contributed by atoms with Gasteiger partial charge in [0.05, 0.1) is 10.2 Å². The van der Waals surface area contributed by atoms with Crippen LogP contribution in [0.4, 0.5) is 0 Å². The van der Waals surface area contributed by atoms with Gasteiger partial charge in [-0.15, -0.1) is 0 Å². The molecule has 0 atom stereocenters. The van der Waals surface area contributed by atoms with Crippen LogP contribution in [0.3, 0.4) is 0 Å². The largest absolute Gasteiger partial charge is 0.487 e. The number of halogens is 2. The summed E-state index contributed by atoms with van der Waals surface area (Å²) in [6, 6.07) is 5.75. The molecule has 118 valence electrons. The number of rotatable bonds is 4. The molecule has 0 spiro atoms. The number of ether oxygens (including phenoxy) is 1. The number of nitrogens with zero attached hydrogens (tertiary/aromatic N) is 3. The molecule has 3 heterocycles. The van der Waals surface area contributed by atoms with Gasteiger partial charge in [0.1, 0.15) is 17.5 Å². The van der Waals surface area contributed by atoms with Crippen molar-refractivity contribution >= 4 is 33.2 Å². The van der Waals surface area contributed by atoms with Crippen molar-refractivity contribution in [3.05, 3.63) is 57.2 Å². The average Bonchev–Trinajstić information content (AvgIpc) is 3.24. The van der Waals surface area contributed by atoms with Crippen molar-refractivity contribution in [1.29, 1.82) is 0 Å². The Hall–Kier alpha value is -1.59. The van der Waals surface area contributed by atoms with Crippen LogP contribution < -0.4 is 4.74 Å². The lowest BCUT2D eigenvalue weighted by atomic mass is 10.2. The van der Waals surface area contributed by atoms with Crippen LogP contribution >= 0.6 is 27.5 Å². The highest BCUT2D eigenvalue weighted by atomic mass is 79.9. The zero-order valence-electron chi connectivity index (χ0n) is 12.6. The van der Waals surface area contributed by atoms with E-state index < -0.39 is 0 Å². The Labute approximate surface area is 147 Å². The maximum atomic E-state index is 5.95. The molecule has 3 aromatic heterocycles. The molecule has 1 fully saturated rings. The molecule has 4 rings (SSSR count). The first-order valence-corrected chi connectivity index (χ1v) is 8.69. The van der Waals surface area contributed by atoms with E-state index in [2.05, 4.69) is 42.6 Å². The van der Waals surface area contributed by atoms with Gasteiger partial charge < -0.3 is 9.14 Å². The summed E-state index contributed by atoms with van der Waals surface area (Å²) in [5.41, 5.74) is 3.99. The number of pyridine rings is 2. The second kappa shape index (κ2) is 5.80. The summed E-state index contributed by atoms with van der Waals surface area (Å²) in [7, 11) is 0. The second-order valence-corrected chi connectivity index (χ2v) is 7.16. The van der Waals surface area contributed by atoms with Crippen LogP contribution in [-0.2, 0) is 6.61 Å². The third-order valence-electron chi connectivity index (χ3n) is 3.91. The fourth-order valence-corrected chi connectivity index (χ4v) is 3.47. The molecule has 1 aliphatic carbocycles. The number of fused-ring (bicyclic) bond motifs is 1. The fraction of sp³-hybridized carbons (Fsp3) is 0.294. The zero-order chi connectivity index (χ0) is 16.0. The van der Waals surface area contributed by atoms with E-state index in [1.807, 2.05) is 19.2 Å². The Morgan fingerprint density at radius 2 is 2.09 bits per heavy atom. The van der Waals surface area contributed by atoms with E-state index >= 15 is 0 Å². The molecule has 0 N–H and O–H groups in total. The highest BCUT2D eigenvalue weighted by Crippen LogP contribution is 2.41. The van der Waals surface area contributed by atoms with E-state index in [1.54, 1.807) is 6.07 Å². The number of hydrogen-bond donors (Lipinski definition) is 0. The first-order valence-electron chi connectivity index (χ1n) is 7.52. The molecule has 23 heavy (non-hydrogen) atoms. The lowest BCUT2D eigenvalue weighted by molar-refractivity contribution is 0.301. The molecule has 0 amide bonds. The van der Waals surface area contributed by atoms with Gasteiger partial charge in [0, 0.05) is 30.2 Å². The first-order chi connectivity index (χ1) is 11.1. The standard InChI is InChI=1S/C17H15BrClN3O/c1-10-4-14(6-16(19)20-10)23-9-13-8-22-7-12(11-2-3-11)5-15(18)17(22)21-13/h4-8,11H,2-3,9H2,1H3. The maximum absolute atomic E-state index is 5.95. The summed E-state index contributed by atoms with van der Waals surface area (Å²) in [5.74, 6) is 1.41. The topological polar surface area (TPSA) is 39.4 Å². The molecule has 0 aromatic carbocycles. The summed E-state index contributed by atoms with van der Waals surface area (Å²) < 4.78 is 8.89. The van der Waals surface area contributed by atoms with Gasteiger partial charge >= 0.3 is 0 Å². The molecular formula is C17H15BrClN3O. The van der Waals surface area contributed by atoms with Gasteiger partial charge in [0.2, 0.25) is 0 Å². The van der Waals surface area contributed by atoms with Crippen molar-refractivity contribution in [3.63, 3.8) is 0 Å². The molecule has 6 heteroatoms. The van der Waals surface area contributed by atoms with E-state index in [1.165, 1.54) is 18.4 Å². The van der Waals surface area contributed by atoms with Gasteiger partial charge in [-0.2, -0.15) is 0 Å². The Morgan fingerprint density at radius 3 is 2.83 bits per heavy atom. The van der Waals surface area contributed by atoms with Gasteiger partial charge in [-0.1, -0.05) is 11.6 Å². The first kappa shape index (κ1) is 15.0. The Morgan fingerprint density at radius 1 is 1.26 bits per heavy atom. The monoisotopic (exact) mass is 391 g/mol. The van der Waals surface area contributed by atoms with Gasteiger partial charge in [-0.05, 0) is 53.2 Å². The van der Waals surface area contributed by atoms with Crippen LogP contribution in [0.25, 0.3) is 5.65 Å². The molecule has 3 aromatic rings. The molecular weight excluding hydrogens is 378 g/mol. The Kier molecular flexibility index (Phi) is 3.77. The maximum Gasteiger partial charge on any atom is 0.151 e. The third kappa shape index (κ3) is 3.21. The van der Waals surface area contributed by atoms with Gasteiger partial charge in [0.25, 0.3) is 0 Å². The van der Waals surface area contributed by atoms with Crippen molar-refractivity contribution in [1.82, 2.24) is 14.4 Å². The minimum absolute atomic E-state index is 0.396. The van der Waals surface area contributed by atoms with Crippen molar-refractivity contribution < 1.29 is 4.74 Å². The Bertz CT molecular complexity index is 869. The summed E-state index contributed by atoms with van der Waals surface area (Å²) >= 11 is 9.58. The van der Waals surface area contributed by atoms with Crippen LogP contribution in [0.15, 0.2) is 35.1 Å². The fourth-order valence-electron chi connectivity index (χ4n) is 2.68. The predicted molar refractivity (Wildman–Crippen MR) is 93.2 cm³/mol. The summed E-state index contributed by atoms with van der Waals surface area (Å²) in [6.45, 7) is 2.28. The third-order valence-corrected chi connectivity index (χ3v) is 4.69. The summed E-state index contributed by atoms with van der Waals surface area (Å²) in [5, 5.41) is 0.437. The van der Waals surface area contributed by atoms with Crippen LogP contribution in [0, 0.1) is 6.92 Å². The molecule has 0 radical (unpaired) electrons. The molecule has 0 unspecified atom stereocenters. The van der Waals surface area contributed by atoms with E-state index in [0.717, 1.165) is 21.5 Å². The van der Waals surface area contributed by atoms with Gasteiger partial charge in [-0.3, -0.25) is 0 Å². The lowest BCUT2D eigenvalue weighted by Crippen LogP contribution is -1.96. The van der Waals surface area contributed by atoms with Gasteiger partial charge in [-0.25, -0.2) is 9.97 Å². The SMILES string of the molecule is Cc1cc(OCc2cn3cc(C4CC4)cc(Br)c3n2)cc(Cl)n1. The van der Waals surface area contributed by atoms with E-state index in [0.29, 0.717) is 23.4 Å². The van der Waals surface area contributed by atoms with Crippen molar-refractivity contribution in [2.45, 2.75) is 32.3 Å². The van der Waals surface area contributed by atoms with Crippen LogP contribution in [0.1, 0.15) is 35.7 Å². The second-order valence-electron chi connectivity index (χ2n) is 5.91. The molecule has 0 saturated heterocycles. The van der Waals surface area contributed by atoms with Crippen molar-refractivity contribution in [2.24, 2.45) is 0 Å². The molecule has 4 nitrogen and oxygen atoms in total. The van der Waals surface area contributed by atoms with E-state index in [9.17, 15) is 0 Å². The molecule has 0 bridgehead atoms. The average molecular weight is 393 g/mol. The highest BCUT2D eigenvalue weighted by Gasteiger charge is 2.24. The minimum atomic E-state index is 0.396. The summed E-state index contributed by atoms with van der Waals surface area (Å²) in [4.78, 5) is 8.76. The molecule has 1 aliphatic rings. The van der Waals surface area contributed by atoms with Crippen LogP contribution in [-0.4, -0.2) is 14.4 Å². The number of aromatic nitrogens is 3. The highest BCUT2D eigenvalue weighted by molar-refractivity contribution is 9.10. The van der Waals surface area contributed by atoms with E-state index in [4.69, 9.17) is 16.3 Å². The van der Waals surface area contributed by atoms with Crippen LogP contribution in [0.5, 0.6) is 5.75 Å². The smallest absolute Gasteiger partial charge is 0.151 e. The molecule has 1 saturated carbocycles. The minimum Gasteiger partial charge on any atom is -0.487 e. The van der Waals surface area contributed by atoms with Crippen molar-refractivity contribution in [3.8, 4) is 5.75 Å². The predicted octanol–water partition coefficient (Wildman–Crippen LogP) is 4.91. The molecule has 0 aliphatic heterocycles. The number of imidazole rings is 1. The van der Waals surface area contributed by atoms with E-state index in [-0.39, 0.29) is 0 Å². The van der Waals surface area contributed by atoms with Crippen LogP contribution in [0.2, 0.25) is 5.15 Å². The number of hydrogen-bond acceptors (Lipinski definition) is 3. The normalized spacial score (nSPS) is 14.4. The zero-order valence-corrected chi connectivity index (χ0v) is 14.9. The Balaban J connectivity index is 1.58. The van der Waals surface area contributed by atoms with Crippen molar-refractivity contribution in [2.75, 3.05) is 0 Å². The lowest BCUT2D eigenvalue weighted by Gasteiger charge is -2.05. The quantitative estimate of drug-likeness (QED) is 0.592. The van der Waals surface area contributed by atoms with Gasteiger partial charge in [0.15, 0.2) is 5.65 Å². The summed E-state index contributed by atoms with van der Waals surface area (Å²) in [6.07, 6.45) is 6.75.